The van der Waals surface area contributed by atoms with E-state index < -0.39 is 4.92 Å². The van der Waals surface area contributed by atoms with Crippen molar-refractivity contribution in [1.82, 2.24) is 9.97 Å². The van der Waals surface area contributed by atoms with Crippen LogP contribution in [-0.2, 0) is 9.47 Å². The highest BCUT2D eigenvalue weighted by atomic mass is 16.6. The largest absolute Gasteiger partial charge is 0.378 e. The van der Waals surface area contributed by atoms with Crippen LogP contribution < -0.4 is 15.2 Å². The quantitative estimate of drug-likeness (QED) is 0.427. The lowest BCUT2D eigenvalue weighted by Crippen LogP contribution is -2.39. The maximum Gasteiger partial charge on any atom is 0.270 e. The summed E-state index contributed by atoms with van der Waals surface area (Å²) >= 11 is 0. The van der Waals surface area contributed by atoms with Crippen LogP contribution >= 0.6 is 0 Å². The molecule has 2 aromatic rings. The van der Waals surface area contributed by atoms with Crippen molar-refractivity contribution in [2.45, 2.75) is 0 Å². The van der Waals surface area contributed by atoms with Gasteiger partial charge in [-0.3, -0.25) is 15.5 Å². The van der Waals surface area contributed by atoms with Gasteiger partial charge in [0.1, 0.15) is 5.82 Å². The molecule has 4 rings (SSSR count). The first-order valence-corrected chi connectivity index (χ1v) is 9.77. The van der Waals surface area contributed by atoms with Crippen LogP contribution in [0.1, 0.15) is 5.56 Å². The van der Waals surface area contributed by atoms with Gasteiger partial charge in [0.15, 0.2) is 5.82 Å². The lowest BCUT2D eigenvalue weighted by Gasteiger charge is -2.31. The second-order valence-corrected chi connectivity index (χ2v) is 6.83. The highest BCUT2D eigenvalue weighted by Crippen LogP contribution is 2.22. The molecule has 3 heterocycles. The average Bonchev–Trinajstić information content (AvgIpc) is 2.80. The van der Waals surface area contributed by atoms with Crippen LogP contribution in [0, 0.1) is 10.1 Å². The number of nitro benzene ring substituents is 1. The average molecular weight is 413 g/mol. The Kier molecular flexibility index (Phi) is 6.30. The second kappa shape index (κ2) is 9.46. The van der Waals surface area contributed by atoms with Crippen molar-refractivity contribution in [2.75, 3.05) is 67.8 Å². The molecule has 1 aromatic heterocycles. The Morgan fingerprint density at radius 3 is 2.43 bits per heavy atom. The summed E-state index contributed by atoms with van der Waals surface area (Å²) in [6.07, 6.45) is 1.53. The van der Waals surface area contributed by atoms with Gasteiger partial charge in [-0.15, -0.1) is 0 Å². The van der Waals surface area contributed by atoms with Crippen LogP contribution in [0.5, 0.6) is 0 Å². The lowest BCUT2D eigenvalue weighted by molar-refractivity contribution is -0.384. The number of nitrogens with zero attached hydrogens (tertiary/aromatic N) is 6. The summed E-state index contributed by atoms with van der Waals surface area (Å²) in [5.41, 5.74) is 3.57. The van der Waals surface area contributed by atoms with Crippen LogP contribution in [0.15, 0.2) is 35.4 Å². The number of morpholine rings is 2. The Morgan fingerprint density at radius 2 is 1.73 bits per heavy atom. The van der Waals surface area contributed by atoms with Gasteiger partial charge < -0.3 is 19.3 Å². The summed E-state index contributed by atoms with van der Waals surface area (Å²) in [6.45, 7) is 5.56. The molecule has 11 nitrogen and oxygen atoms in total. The minimum absolute atomic E-state index is 0.0187. The van der Waals surface area contributed by atoms with Gasteiger partial charge in [-0.1, -0.05) is 12.1 Å². The fourth-order valence-electron chi connectivity index (χ4n) is 3.23. The van der Waals surface area contributed by atoms with E-state index in [0.29, 0.717) is 43.8 Å². The summed E-state index contributed by atoms with van der Waals surface area (Å²) in [7, 11) is 0. The molecule has 0 aliphatic carbocycles. The number of benzene rings is 1. The van der Waals surface area contributed by atoms with E-state index in [0.717, 1.165) is 32.0 Å². The molecule has 0 atom stereocenters. The predicted molar refractivity (Wildman–Crippen MR) is 112 cm³/mol. The van der Waals surface area contributed by atoms with Crippen molar-refractivity contribution in [3.63, 3.8) is 0 Å². The van der Waals surface area contributed by atoms with Gasteiger partial charge in [0, 0.05) is 49.9 Å². The first-order chi connectivity index (χ1) is 14.7. The Labute approximate surface area is 173 Å². The Bertz CT molecular complexity index is 875. The summed E-state index contributed by atoms with van der Waals surface area (Å²) in [4.78, 5) is 24.1. The molecule has 0 amide bonds. The highest BCUT2D eigenvalue weighted by Gasteiger charge is 2.19. The number of ether oxygens (including phenoxy) is 2. The van der Waals surface area contributed by atoms with Gasteiger partial charge in [-0.25, -0.2) is 0 Å². The molecule has 11 heteroatoms. The van der Waals surface area contributed by atoms with E-state index in [-0.39, 0.29) is 5.69 Å². The van der Waals surface area contributed by atoms with E-state index in [2.05, 4.69) is 25.3 Å². The molecule has 0 saturated carbocycles. The summed E-state index contributed by atoms with van der Waals surface area (Å²) in [5, 5.41) is 15.1. The van der Waals surface area contributed by atoms with Crippen LogP contribution in [-0.4, -0.2) is 73.7 Å². The van der Waals surface area contributed by atoms with Crippen LogP contribution in [0.25, 0.3) is 0 Å². The van der Waals surface area contributed by atoms with Gasteiger partial charge in [0.2, 0.25) is 5.95 Å². The maximum atomic E-state index is 10.9. The van der Waals surface area contributed by atoms with Crippen LogP contribution in [0.2, 0.25) is 0 Å². The maximum absolute atomic E-state index is 10.9. The smallest absolute Gasteiger partial charge is 0.270 e. The third-order valence-corrected chi connectivity index (χ3v) is 4.80. The molecule has 2 aliphatic rings. The Balaban J connectivity index is 1.54. The van der Waals surface area contributed by atoms with E-state index in [1.807, 2.05) is 6.07 Å². The first kappa shape index (κ1) is 20.0. The third kappa shape index (κ3) is 4.99. The zero-order valence-corrected chi connectivity index (χ0v) is 16.4. The predicted octanol–water partition coefficient (Wildman–Crippen LogP) is 1.50. The first-order valence-electron chi connectivity index (χ1n) is 9.77. The molecule has 0 spiro atoms. The standard InChI is InChI=1S/C19H23N7O4/c27-26(28)16-3-1-2-15(12-16)14-20-23-17-13-18(24-4-8-29-9-5-24)22-19(21-17)25-6-10-30-11-7-25/h1-3,12-14H,4-11H2,(H,21,22,23). The van der Waals surface area contributed by atoms with E-state index >= 15 is 0 Å². The Morgan fingerprint density at radius 1 is 1.03 bits per heavy atom. The number of aromatic nitrogens is 2. The molecule has 1 aromatic carbocycles. The summed E-state index contributed by atoms with van der Waals surface area (Å²) in [5.74, 6) is 1.98. The van der Waals surface area contributed by atoms with Crippen molar-refractivity contribution in [3.8, 4) is 0 Å². The van der Waals surface area contributed by atoms with Crippen molar-refractivity contribution >= 4 is 29.5 Å². The molecule has 2 aliphatic heterocycles. The van der Waals surface area contributed by atoms with E-state index in [4.69, 9.17) is 14.5 Å². The van der Waals surface area contributed by atoms with Gasteiger partial charge in [-0.05, 0) is 0 Å². The van der Waals surface area contributed by atoms with Crippen molar-refractivity contribution < 1.29 is 14.4 Å². The normalized spacial score (nSPS) is 17.3. The van der Waals surface area contributed by atoms with Gasteiger partial charge in [0.25, 0.3) is 5.69 Å². The SMILES string of the molecule is O=[N+]([O-])c1cccc(C=NNc2cc(N3CCOCC3)nc(N3CCOCC3)n2)c1. The minimum atomic E-state index is -0.432. The van der Waals surface area contributed by atoms with E-state index in [9.17, 15) is 10.1 Å². The Hall–Kier alpha value is -3.31. The molecule has 1 N–H and O–H groups in total. The van der Waals surface area contributed by atoms with Gasteiger partial charge in [-0.2, -0.15) is 15.1 Å². The molecular weight excluding hydrogens is 390 g/mol. The van der Waals surface area contributed by atoms with Crippen molar-refractivity contribution in [1.29, 1.82) is 0 Å². The topological polar surface area (TPSA) is 118 Å². The number of nitrogens with one attached hydrogen (secondary N) is 1. The van der Waals surface area contributed by atoms with E-state index in [1.165, 1.54) is 18.3 Å². The highest BCUT2D eigenvalue weighted by molar-refractivity contribution is 5.81. The number of rotatable bonds is 6. The number of hydrazone groups is 1. The molecule has 0 bridgehead atoms. The monoisotopic (exact) mass is 413 g/mol. The van der Waals surface area contributed by atoms with Crippen LogP contribution in [0.3, 0.4) is 0 Å². The minimum Gasteiger partial charge on any atom is -0.378 e. The number of anilines is 3. The number of hydrogen-bond donors (Lipinski definition) is 1. The van der Waals surface area contributed by atoms with Crippen molar-refractivity contribution in [3.05, 3.63) is 46.0 Å². The fraction of sp³-hybridized carbons (Fsp3) is 0.421. The van der Waals surface area contributed by atoms with Crippen LogP contribution in [0.4, 0.5) is 23.3 Å². The number of hydrogen-bond acceptors (Lipinski definition) is 10. The lowest BCUT2D eigenvalue weighted by atomic mass is 10.2. The molecule has 0 radical (unpaired) electrons. The molecule has 2 fully saturated rings. The number of nitro groups is 1. The number of non-ortho nitro benzene ring substituents is 1. The zero-order chi connectivity index (χ0) is 20.8. The zero-order valence-electron chi connectivity index (χ0n) is 16.4. The van der Waals surface area contributed by atoms with E-state index in [1.54, 1.807) is 12.1 Å². The summed E-state index contributed by atoms with van der Waals surface area (Å²) < 4.78 is 10.9. The van der Waals surface area contributed by atoms with Gasteiger partial charge >= 0.3 is 0 Å². The van der Waals surface area contributed by atoms with Gasteiger partial charge in [0.05, 0.1) is 37.6 Å². The molecule has 2 saturated heterocycles. The summed E-state index contributed by atoms with van der Waals surface area (Å²) in [6, 6.07) is 8.12. The molecule has 30 heavy (non-hydrogen) atoms. The molecular formula is C19H23N7O4. The third-order valence-electron chi connectivity index (χ3n) is 4.80. The second-order valence-electron chi connectivity index (χ2n) is 6.83. The molecule has 0 unspecified atom stereocenters. The fourth-order valence-corrected chi connectivity index (χ4v) is 3.23. The molecule has 158 valence electrons. The van der Waals surface area contributed by atoms with Crippen molar-refractivity contribution in [2.24, 2.45) is 5.10 Å².